The van der Waals surface area contributed by atoms with Crippen LogP contribution < -0.4 is 0 Å². The molecule has 380 valence electrons. The van der Waals surface area contributed by atoms with E-state index in [0.29, 0.717) is 19.3 Å². The largest absolute Gasteiger partial charge is 0.462 e. The standard InChI is InChI=1S/C57H104O8/c1-4-7-10-13-14-15-16-17-18-19-20-21-30-35-42-49-57(62)65-54(50-63-55(60)47-40-33-28-24-22-26-31-38-45-52(58)43-36-11-8-5-2)51-64-56(61)48-41-34-29-25-23-27-32-39-46-53(59)44-37-12-9-6-3/h17-18,31-32,38-39,52-54,58-59H,4-16,19-30,33-37,40-51H2,1-3H3/b18-17+,38-31+,39-32+. The zero-order chi connectivity index (χ0) is 47.5. The number of aliphatic hydroxyl groups is 2. The number of hydrogen-bond acceptors (Lipinski definition) is 8. The Morgan fingerprint density at radius 2 is 0.662 bits per heavy atom. The summed E-state index contributed by atoms with van der Waals surface area (Å²) >= 11 is 0. The molecule has 2 N–H and O–H groups in total. The molecule has 0 saturated carbocycles. The van der Waals surface area contributed by atoms with Gasteiger partial charge in [-0.15, -0.1) is 0 Å². The molecule has 0 aromatic heterocycles. The van der Waals surface area contributed by atoms with Crippen molar-refractivity contribution in [3.63, 3.8) is 0 Å². The summed E-state index contributed by atoms with van der Waals surface area (Å²) in [4.78, 5) is 38.1. The molecule has 0 spiro atoms. The minimum Gasteiger partial charge on any atom is -0.462 e. The van der Waals surface area contributed by atoms with Crippen LogP contribution in [0.3, 0.4) is 0 Å². The van der Waals surface area contributed by atoms with Crippen LogP contribution in [0.1, 0.15) is 278 Å². The van der Waals surface area contributed by atoms with Crippen LogP contribution in [-0.4, -0.2) is 59.6 Å². The quantitative estimate of drug-likeness (QED) is 0.0268. The highest BCUT2D eigenvalue weighted by atomic mass is 16.6. The van der Waals surface area contributed by atoms with E-state index in [1.54, 1.807) is 0 Å². The van der Waals surface area contributed by atoms with Gasteiger partial charge in [-0.3, -0.25) is 14.4 Å². The van der Waals surface area contributed by atoms with Crippen molar-refractivity contribution in [1.82, 2.24) is 0 Å². The van der Waals surface area contributed by atoms with Gasteiger partial charge in [-0.2, -0.15) is 0 Å². The zero-order valence-electron chi connectivity index (χ0n) is 42.7. The van der Waals surface area contributed by atoms with Crippen molar-refractivity contribution < 1.29 is 38.8 Å². The molecule has 0 fully saturated rings. The van der Waals surface area contributed by atoms with Crippen LogP contribution in [-0.2, 0) is 28.6 Å². The lowest BCUT2D eigenvalue weighted by Crippen LogP contribution is -2.30. The Balaban J connectivity index is 4.47. The predicted octanol–water partition coefficient (Wildman–Crippen LogP) is 16.0. The van der Waals surface area contributed by atoms with Crippen LogP contribution in [0.15, 0.2) is 36.5 Å². The summed E-state index contributed by atoms with van der Waals surface area (Å²) in [6, 6.07) is 0. The summed E-state index contributed by atoms with van der Waals surface area (Å²) in [6.07, 6.45) is 53.0. The molecule has 2 atom stereocenters. The van der Waals surface area contributed by atoms with Crippen molar-refractivity contribution in [2.75, 3.05) is 13.2 Å². The second-order valence-electron chi connectivity index (χ2n) is 18.8. The predicted molar refractivity (Wildman–Crippen MR) is 273 cm³/mol. The van der Waals surface area contributed by atoms with Crippen molar-refractivity contribution in [2.24, 2.45) is 0 Å². The lowest BCUT2D eigenvalue weighted by Gasteiger charge is -2.18. The van der Waals surface area contributed by atoms with E-state index in [1.165, 1.54) is 89.9 Å². The van der Waals surface area contributed by atoms with E-state index in [2.05, 4.69) is 57.2 Å². The number of carbonyl (C=O) groups is 3. The molecule has 0 aliphatic rings. The van der Waals surface area contributed by atoms with Crippen LogP contribution >= 0.6 is 0 Å². The van der Waals surface area contributed by atoms with Crippen molar-refractivity contribution in [3.05, 3.63) is 36.5 Å². The molecule has 8 nitrogen and oxygen atoms in total. The van der Waals surface area contributed by atoms with Crippen LogP contribution in [0.4, 0.5) is 0 Å². The molecular weight excluding hydrogens is 813 g/mol. The molecule has 2 unspecified atom stereocenters. The number of allylic oxidation sites excluding steroid dienone is 4. The van der Waals surface area contributed by atoms with Gasteiger partial charge in [0, 0.05) is 19.3 Å². The summed E-state index contributed by atoms with van der Waals surface area (Å²) in [7, 11) is 0. The van der Waals surface area contributed by atoms with Crippen LogP contribution in [0.5, 0.6) is 0 Å². The third-order valence-corrected chi connectivity index (χ3v) is 12.2. The molecule has 0 amide bonds. The number of ether oxygens (including phenoxy) is 3. The van der Waals surface area contributed by atoms with Gasteiger partial charge in [0.2, 0.25) is 0 Å². The van der Waals surface area contributed by atoms with E-state index >= 15 is 0 Å². The van der Waals surface area contributed by atoms with Gasteiger partial charge in [-0.25, -0.2) is 0 Å². The molecule has 0 saturated heterocycles. The Kier molecular flexibility index (Phi) is 49.0. The number of esters is 3. The van der Waals surface area contributed by atoms with E-state index in [-0.39, 0.29) is 43.3 Å². The van der Waals surface area contributed by atoms with Crippen LogP contribution in [0.2, 0.25) is 0 Å². The SMILES string of the molecule is CCCCCCCC/C=C/CCCCCCCC(=O)OC(COC(=O)CCCCCCC/C=C/CC(O)CCCCCC)COC(=O)CCCCCCC/C=C/CC(O)CCCCCC. The van der Waals surface area contributed by atoms with Gasteiger partial charge >= 0.3 is 17.9 Å². The van der Waals surface area contributed by atoms with Gasteiger partial charge in [0.15, 0.2) is 6.10 Å². The summed E-state index contributed by atoms with van der Waals surface area (Å²) in [6.45, 7) is 6.43. The van der Waals surface area contributed by atoms with Gasteiger partial charge in [-0.1, -0.05) is 198 Å². The highest BCUT2D eigenvalue weighted by Gasteiger charge is 2.19. The Bertz CT molecular complexity index is 1070. The first-order chi connectivity index (χ1) is 31.8. The fourth-order valence-corrected chi connectivity index (χ4v) is 7.93. The second-order valence-corrected chi connectivity index (χ2v) is 18.8. The van der Waals surface area contributed by atoms with Gasteiger partial charge in [-0.05, 0) is 96.3 Å². The lowest BCUT2D eigenvalue weighted by molar-refractivity contribution is -0.167. The normalized spacial score (nSPS) is 13.2. The van der Waals surface area contributed by atoms with Gasteiger partial charge in [0.1, 0.15) is 13.2 Å². The van der Waals surface area contributed by atoms with E-state index in [1.807, 2.05) is 0 Å². The fraction of sp³-hybridized carbons (Fsp3) is 0.842. The molecule has 0 radical (unpaired) electrons. The Morgan fingerprint density at radius 3 is 1.03 bits per heavy atom. The lowest BCUT2D eigenvalue weighted by atomic mass is 10.1. The van der Waals surface area contributed by atoms with Crippen molar-refractivity contribution in [1.29, 1.82) is 0 Å². The molecule has 0 heterocycles. The zero-order valence-corrected chi connectivity index (χ0v) is 42.7. The number of hydrogen-bond donors (Lipinski definition) is 2. The molecule has 0 rings (SSSR count). The van der Waals surface area contributed by atoms with Gasteiger partial charge < -0.3 is 24.4 Å². The molecule has 0 aromatic rings. The third kappa shape index (κ3) is 49.3. The molecular formula is C57H104O8. The van der Waals surface area contributed by atoms with Gasteiger partial charge in [0.05, 0.1) is 12.2 Å². The van der Waals surface area contributed by atoms with Crippen LogP contribution in [0.25, 0.3) is 0 Å². The second kappa shape index (κ2) is 51.0. The minimum absolute atomic E-state index is 0.115. The van der Waals surface area contributed by atoms with Crippen molar-refractivity contribution in [2.45, 2.75) is 296 Å². The first-order valence-electron chi connectivity index (χ1n) is 27.6. The topological polar surface area (TPSA) is 119 Å². The Labute approximate surface area is 401 Å². The van der Waals surface area contributed by atoms with E-state index in [9.17, 15) is 24.6 Å². The summed E-state index contributed by atoms with van der Waals surface area (Å²) in [5, 5.41) is 20.2. The minimum atomic E-state index is -0.816. The smallest absolute Gasteiger partial charge is 0.306 e. The summed E-state index contributed by atoms with van der Waals surface area (Å²) < 4.78 is 16.8. The maximum atomic E-state index is 12.8. The average Bonchev–Trinajstić information content (AvgIpc) is 3.30. The van der Waals surface area contributed by atoms with Crippen molar-refractivity contribution >= 4 is 17.9 Å². The first kappa shape index (κ1) is 62.5. The third-order valence-electron chi connectivity index (χ3n) is 12.2. The Hall–Kier alpha value is -2.45. The molecule has 0 aromatic carbocycles. The maximum absolute atomic E-state index is 12.8. The summed E-state index contributed by atoms with van der Waals surface area (Å²) in [5.74, 6) is -0.991. The monoisotopic (exact) mass is 917 g/mol. The highest BCUT2D eigenvalue weighted by molar-refractivity contribution is 5.71. The number of carbonyl (C=O) groups excluding carboxylic acids is 3. The van der Waals surface area contributed by atoms with E-state index in [0.717, 1.165) is 148 Å². The molecule has 0 bridgehead atoms. The number of unbranched alkanes of at least 4 members (excludes halogenated alkanes) is 27. The fourth-order valence-electron chi connectivity index (χ4n) is 7.93. The highest BCUT2D eigenvalue weighted by Crippen LogP contribution is 2.15. The Morgan fingerprint density at radius 1 is 0.369 bits per heavy atom. The number of aliphatic hydroxyl groups excluding tert-OH is 2. The van der Waals surface area contributed by atoms with Crippen molar-refractivity contribution in [3.8, 4) is 0 Å². The van der Waals surface area contributed by atoms with Gasteiger partial charge in [0.25, 0.3) is 0 Å². The number of rotatable bonds is 50. The molecule has 0 aliphatic heterocycles. The molecule has 8 heteroatoms. The molecule has 65 heavy (non-hydrogen) atoms. The van der Waals surface area contributed by atoms with E-state index < -0.39 is 6.10 Å². The van der Waals surface area contributed by atoms with E-state index in [4.69, 9.17) is 14.2 Å². The maximum Gasteiger partial charge on any atom is 0.306 e. The van der Waals surface area contributed by atoms with Crippen LogP contribution in [0, 0.1) is 0 Å². The first-order valence-corrected chi connectivity index (χ1v) is 27.6. The summed E-state index contributed by atoms with van der Waals surface area (Å²) in [5.41, 5.74) is 0. The molecule has 0 aliphatic carbocycles. The average molecular weight is 917 g/mol.